The molecule has 0 radical (unpaired) electrons. The lowest BCUT2D eigenvalue weighted by atomic mass is 10.1. The summed E-state index contributed by atoms with van der Waals surface area (Å²) in [5.41, 5.74) is 1.52. The topological polar surface area (TPSA) is 94.1 Å². The van der Waals surface area contributed by atoms with Crippen LogP contribution in [0.2, 0.25) is 0 Å². The van der Waals surface area contributed by atoms with Crippen molar-refractivity contribution in [2.45, 2.75) is 19.8 Å². The predicted molar refractivity (Wildman–Crippen MR) is 101 cm³/mol. The van der Waals surface area contributed by atoms with Gasteiger partial charge in [-0.25, -0.2) is 9.37 Å². The molecule has 1 amide bonds. The molecule has 142 valence electrons. The lowest BCUT2D eigenvalue weighted by Crippen LogP contribution is -2.12. The molecule has 0 atom stereocenters. The van der Waals surface area contributed by atoms with Gasteiger partial charge in [0.05, 0.1) is 12.0 Å². The summed E-state index contributed by atoms with van der Waals surface area (Å²) in [4.78, 5) is 21.8. The molecule has 3 aromatic heterocycles. The second-order valence-electron chi connectivity index (χ2n) is 5.97. The van der Waals surface area contributed by atoms with Gasteiger partial charge in [0.15, 0.2) is 10.9 Å². The number of nitrogens with one attached hydrogen (secondary N) is 1. The number of anilines is 1. The lowest BCUT2D eigenvalue weighted by Gasteiger charge is -1.99. The van der Waals surface area contributed by atoms with Crippen molar-refractivity contribution in [2.75, 3.05) is 5.32 Å². The molecule has 0 saturated carbocycles. The Labute approximate surface area is 163 Å². The van der Waals surface area contributed by atoms with Gasteiger partial charge in [0.1, 0.15) is 5.82 Å². The Balaban J connectivity index is 1.36. The number of benzene rings is 1. The smallest absolute Gasteiger partial charge is 0.238 e. The summed E-state index contributed by atoms with van der Waals surface area (Å²) >= 11 is 1.37. The molecule has 0 aliphatic carbocycles. The highest BCUT2D eigenvalue weighted by Crippen LogP contribution is 2.30. The summed E-state index contributed by atoms with van der Waals surface area (Å²) < 4.78 is 23.4. The summed E-state index contributed by atoms with van der Waals surface area (Å²) in [6.45, 7) is 1.90. The third-order valence-corrected chi connectivity index (χ3v) is 4.82. The molecule has 1 N–H and O–H groups in total. The minimum atomic E-state index is -0.304. The molecular weight excluding hydrogens is 383 g/mol. The molecule has 4 aromatic rings. The summed E-state index contributed by atoms with van der Waals surface area (Å²) in [7, 11) is 0. The van der Waals surface area contributed by atoms with Crippen molar-refractivity contribution in [3.8, 4) is 22.8 Å². The molecule has 0 fully saturated rings. The Bertz CT molecular complexity index is 1090. The molecule has 0 unspecified atom stereocenters. The fourth-order valence-electron chi connectivity index (χ4n) is 2.59. The number of aromatic nitrogens is 3. The van der Waals surface area contributed by atoms with Crippen LogP contribution in [0.4, 0.5) is 9.52 Å². The Kier molecular flexibility index (Phi) is 4.98. The molecule has 0 spiro atoms. The highest BCUT2D eigenvalue weighted by atomic mass is 32.1. The van der Waals surface area contributed by atoms with E-state index < -0.39 is 0 Å². The van der Waals surface area contributed by atoms with E-state index in [2.05, 4.69) is 20.4 Å². The Morgan fingerprint density at radius 3 is 2.79 bits per heavy atom. The van der Waals surface area contributed by atoms with Crippen molar-refractivity contribution in [2.24, 2.45) is 0 Å². The zero-order chi connectivity index (χ0) is 19.5. The van der Waals surface area contributed by atoms with Crippen LogP contribution in [-0.4, -0.2) is 21.0 Å². The van der Waals surface area contributed by atoms with Gasteiger partial charge in [0.25, 0.3) is 0 Å². The number of hydrogen-bond donors (Lipinski definition) is 1. The summed E-state index contributed by atoms with van der Waals surface area (Å²) in [6.07, 6.45) is 1.99. The second kappa shape index (κ2) is 7.73. The standard InChI is InChI=1S/C19H15FN4O3S/c1-11-17(12-4-6-13(20)7-5-12)23-19(28-11)21-15(25)8-9-16-22-18(24-27-16)14-3-2-10-26-14/h2-7,10H,8-9H2,1H3,(H,21,23,25). The van der Waals surface area contributed by atoms with Crippen molar-refractivity contribution in [1.29, 1.82) is 0 Å². The van der Waals surface area contributed by atoms with Crippen LogP contribution in [0.5, 0.6) is 0 Å². The van der Waals surface area contributed by atoms with Crippen molar-refractivity contribution in [3.05, 3.63) is 59.2 Å². The first-order valence-corrected chi connectivity index (χ1v) is 9.30. The number of hydrogen-bond acceptors (Lipinski definition) is 7. The van der Waals surface area contributed by atoms with E-state index in [-0.39, 0.29) is 18.1 Å². The minimum Gasteiger partial charge on any atom is -0.461 e. The molecular formula is C19H15FN4O3S. The quantitative estimate of drug-likeness (QED) is 0.515. The molecule has 9 heteroatoms. The van der Waals surface area contributed by atoms with Gasteiger partial charge in [-0.15, -0.1) is 11.3 Å². The Morgan fingerprint density at radius 1 is 1.21 bits per heavy atom. The SMILES string of the molecule is Cc1sc(NC(=O)CCc2nc(-c3ccco3)no2)nc1-c1ccc(F)cc1. The normalized spacial score (nSPS) is 10.9. The maximum absolute atomic E-state index is 13.1. The number of nitrogens with zero attached hydrogens (tertiary/aromatic N) is 3. The Morgan fingerprint density at radius 2 is 2.04 bits per heavy atom. The van der Waals surface area contributed by atoms with Crippen LogP contribution in [0.1, 0.15) is 17.2 Å². The third-order valence-electron chi connectivity index (χ3n) is 3.94. The molecule has 0 bridgehead atoms. The zero-order valence-corrected chi connectivity index (χ0v) is 15.6. The molecule has 7 nitrogen and oxygen atoms in total. The van der Waals surface area contributed by atoms with Crippen molar-refractivity contribution >= 4 is 22.4 Å². The van der Waals surface area contributed by atoms with E-state index in [0.717, 1.165) is 16.1 Å². The van der Waals surface area contributed by atoms with Crippen molar-refractivity contribution in [3.63, 3.8) is 0 Å². The van der Waals surface area contributed by atoms with Gasteiger partial charge in [-0.05, 0) is 43.3 Å². The maximum atomic E-state index is 13.1. The molecule has 28 heavy (non-hydrogen) atoms. The van der Waals surface area contributed by atoms with Gasteiger partial charge in [-0.2, -0.15) is 4.98 Å². The first-order chi connectivity index (χ1) is 13.6. The summed E-state index contributed by atoms with van der Waals surface area (Å²) in [6, 6.07) is 9.55. The minimum absolute atomic E-state index is 0.171. The van der Waals surface area contributed by atoms with Crippen LogP contribution in [0.3, 0.4) is 0 Å². The number of furan rings is 1. The molecule has 0 aliphatic rings. The van der Waals surface area contributed by atoms with E-state index in [1.165, 1.54) is 29.7 Å². The molecule has 0 saturated heterocycles. The molecule has 4 rings (SSSR count). The van der Waals surface area contributed by atoms with E-state index in [4.69, 9.17) is 8.94 Å². The van der Waals surface area contributed by atoms with Gasteiger partial charge < -0.3 is 14.3 Å². The molecule has 0 aliphatic heterocycles. The van der Waals surface area contributed by atoms with Gasteiger partial charge in [0.2, 0.25) is 17.6 Å². The molecule has 3 heterocycles. The van der Waals surface area contributed by atoms with Gasteiger partial charge in [-0.1, -0.05) is 5.16 Å². The lowest BCUT2D eigenvalue weighted by molar-refractivity contribution is -0.116. The van der Waals surface area contributed by atoms with Crippen molar-refractivity contribution < 1.29 is 18.1 Å². The van der Waals surface area contributed by atoms with Gasteiger partial charge in [0, 0.05) is 23.3 Å². The van der Waals surface area contributed by atoms with E-state index in [1.807, 2.05) is 6.92 Å². The second-order valence-corrected chi connectivity index (χ2v) is 7.17. The fourth-order valence-corrected chi connectivity index (χ4v) is 3.44. The third kappa shape index (κ3) is 3.99. The first-order valence-electron chi connectivity index (χ1n) is 8.48. The van der Waals surface area contributed by atoms with Crippen LogP contribution in [0.25, 0.3) is 22.8 Å². The van der Waals surface area contributed by atoms with E-state index in [0.29, 0.717) is 29.0 Å². The number of halogens is 1. The van der Waals surface area contributed by atoms with E-state index in [1.54, 1.807) is 24.3 Å². The van der Waals surface area contributed by atoms with Gasteiger partial charge in [-0.3, -0.25) is 4.79 Å². The summed E-state index contributed by atoms with van der Waals surface area (Å²) in [5.74, 6) is 0.688. The number of amides is 1. The first kappa shape index (κ1) is 18.1. The number of aryl methyl sites for hydroxylation is 2. The fraction of sp³-hybridized carbons (Fsp3) is 0.158. The maximum Gasteiger partial charge on any atom is 0.238 e. The van der Waals surface area contributed by atoms with E-state index >= 15 is 0 Å². The summed E-state index contributed by atoms with van der Waals surface area (Å²) in [5, 5.41) is 7.09. The number of thiazole rings is 1. The highest BCUT2D eigenvalue weighted by Gasteiger charge is 2.15. The zero-order valence-electron chi connectivity index (χ0n) is 14.8. The number of carbonyl (C=O) groups is 1. The highest BCUT2D eigenvalue weighted by molar-refractivity contribution is 7.16. The Hall–Kier alpha value is -3.33. The molecule has 1 aromatic carbocycles. The van der Waals surface area contributed by atoms with Crippen molar-refractivity contribution in [1.82, 2.24) is 15.1 Å². The van der Waals surface area contributed by atoms with Crippen LogP contribution >= 0.6 is 11.3 Å². The average molecular weight is 398 g/mol. The number of carbonyl (C=O) groups excluding carboxylic acids is 1. The van der Waals surface area contributed by atoms with Crippen LogP contribution < -0.4 is 5.32 Å². The largest absolute Gasteiger partial charge is 0.461 e. The van der Waals surface area contributed by atoms with Crippen LogP contribution in [-0.2, 0) is 11.2 Å². The van der Waals surface area contributed by atoms with E-state index in [9.17, 15) is 9.18 Å². The monoisotopic (exact) mass is 398 g/mol. The average Bonchev–Trinajstić information content (AvgIpc) is 3.41. The number of rotatable bonds is 6. The van der Waals surface area contributed by atoms with Crippen LogP contribution in [0, 0.1) is 12.7 Å². The van der Waals surface area contributed by atoms with Gasteiger partial charge >= 0.3 is 0 Å². The van der Waals surface area contributed by atoms with Crippen LogP contribution in [0.15, 0.2) is 51.6 Å². The predicted octanol–water partition coefficient (Wildman–Crippen LogP) is 4.47.